The highest BCUT2D eigenvalue weighted by Gasteiger charge is 2.37. The molecule has 0 unspecified atom stereocenters. The highest BCUT2D eigenvalue weighted by Crippen LogP contribution is 2.49. The van der Waals surface area contributed by atoms with Crippen molar-refractivity contribution >= 4 is 5.69 Å². The van der Waals surface area contributed by atoms with Crippen molar-refractivity contribution in [2.24, 2.45) is 5.41 Å². The molecule has 0 bridgehead atoms. The lowest BCUT2D eigenvalue weighted by atomic mass is 9.71. The molecule has 1 N–H and O–H groups in total. The van der Waals surface area contributed by atoms with Gasteiger partial charge in [-0.15, -0.1) is 0 Å². The smallest absolute Gasteiger partial charge is 0.142 e. The Morgan fingerprint density at radius 2 is 1.71 bits per heavy atom. The molecule has 1 aromatic carbocycles. The Balaban J connectivity index is 1.64. The fourth-order valence-electron chi connectivity index (χ4n) is 4.15. The second kappa shape index (κ2) is 6.17. The molecule has 0 amide bonds. The van der Waals surface area contributed by atoms with E-state index >= 15 is 0 Å². The Hall–Kier alpha value is -1.38. The van der Waals surface area contributed by atoms with Crippen molar-refractivity contribution in [1.29, 1.82) is 0 Å². The number of rotatable bonds is 4. The molecule has 3 nitrogen and oxygen atoms in total. The summed E-state index contributed by atoms with van der Waals surface area (Å²) in [5.74, 6) is 1.78. The van der Waals surface area contributed by atoms with Crippen molar-refractivity contribution in [1.82, 2.24) is 0 Å². The monoisotopic (exact) mass is 289 g/mol. The van der Waals surface area contributed by atoms with Gasteiger partial charge in [-0.1, -0.05) is 12.8 Å². The fourth-order valence-corrected chi connectivity index (χ4v) is 4.15. The third-order valence-corrected chi connectivity index (χ3v) is 5.48. The van der Waals surface area contributed by atoms with Crippen LogP contribution in [0.5, 0.6) is 11.5 Å². The summed E-state index contributed by atoms with van der Waals surface area (Å²) in [5, 5.41) is 3.68. The highest BCUT2D eigenvalue weighted by molar-refractivity contribution is 5.60. The second-order valence-electron chi connectivity index (χ2n) is 6.69. The van der Waals surface area contributed by atoms with Gasteiger partial charge in [-0.2, -0.15) is 0 Å². The van der Waals surface area contributed by atoms with Gasteiger partial charge >= 0.3 is 0 Å². The number of methoxy groups -OCH3 is 2. The third-order valence-electron chi connectivity index (χ3n) is 5.48. The van der Waals surface area contributed by atoms with Gasteiger partial charge in [0.1, 0.15) is 11.5 Å². The maximum Gasteiger partial charge on any atom is 0.142 e. The summed E-state index contributed by atoms with van der Waals surface area (Å²) in [7, 11) is 3.43. The Bertz CT molecular complexity index is 470. The van der Waals surface area contributed by atoms with Crippen LogP contribution in [0.25, 0.3) is 0 Å². The Morgan fingerprint density at radius 1 is 1.00 bits per heavy atom. The number of nitrogens with one attached hydrogen (secondary N) is 1. The molecule has 0 saturated heterocycles. The van der Waals surface area contributed by atoms with Crippen molar-refractivity contribution in [3.63, 3.8) is 0 Å². The molecule has 116 valence electrons. The van der Waals surface area contributed by atoms with Gasteiger partial charge in [0.25, 0.3) is 0 Å². The van der Waals surface area contributed by atoms with Crippen LogP contribution in [0, 0.1) is 5.41 Å². The first-order chi connectivity index (χ1) is 10.2. The SMILES string of the molecule is COc1ccc(OC)c(NC2CCC3(CCCC3)CC2)c1. The molecule has 3 rings (SSSR count). The van der Waals surface area contributed by atoms with E-state index in [-0.39, 0.29) is 0 Å². The molecule has 0 aliphatic heterocycles. The lowest BCUT2D eigenvalue weighted by molar-refractivity contribution is 0.188. The second-order valence-corrected chi connectivity index (χ2v) is 6.69. The average Bonchev–Trinajstić information content (AvgIpc) is 2.98. The molecule has 2 aliphatic rings. The maximum atomic E-state index is 5.46. The number of ether oxygens (including phenoxy) is 2. The normalized spacial score (nSPS) is 21.4. The van der Waals surface area contributed by atoms with Gasteiger partial charge in [0.05, 0.1) is 19.9 Å². The number of benzene rings is 1. The predicted molar refractivity (Wildman–Crippen MR) is 86.3 cm³/mol. The number of hydrogen-bond acceptors (Lipinski definition) is 3. The number of hydrogen-bond donors (Lipinski definition) is 1. The molecule has 0 heterocycles. The molecule has 0 aromatic heterocycles. The zero-order valence-corrected chi connectivity index (χ0v) is 13.3. The lowest BCUT2D eigenvalue weighted by Gasteiger charge is -2.38. The molecule has 1 spiro atoms. The van der Waals surface area contributed by atoms with E-state index in [1.807, 2.05) is 18.2 Å². The van der Waals surface area contributed by atoms with Crippen LogP contribution >= 0.6 is 0 Å². The van der Waals surface area contributed by atoms with Crippen LogP contribution in [0.3, 0.4) is 0 Å². The van der Waals surface area contributed by atoms with E-state index in [1.54, 1.807) is 14.2 Å². The van der Waals surface area contributed by atoms with Crippen LogP contribution in [0.1, 0.15) is 51.4 Å². The van der Waals surface area contributed by atoms with E-state index in [0.717, 1.165) is 17.2 Å². The van der Waals surface area contributed by atoms with Crippen molar-refractivity contribution < 1.29 is 9.47 Å². The fraction of sp³-hybridized carbons (Fsp3) is 0.667. The first kappa shape index (κ1) is 14.6. The van der Waals surface area contributed by atoms with E-state index in [4.69, 9.17) is 9.47 Å². The lowest BCUT2D eigenvalue weighted by Crippen LogP contribution is -2.31. The Labute approximate surface area is 128 Å². The zero-order valence-electron chi connectivity index (χ0n) is 13.3. The van der Waals surface area contributed by atoms with Crippen LogP contribution in [0.4, 0.5) is 5.69 Å². The van der Waals surface area contributed by atoms with E-state index in [2.05, 4.69) is 5.32 Å². The Kier molecular flexibility index (Phi) is 4.27. The van der Waals surface area contributed by atoms with Gasteiger partial charge in [-0.05, 0) is 56.1 Å². The van der Waals surface area contributed by atoms with Crippen molar-refractivity contribution in [2.75, 3.05) is 19.5 Å². The van der Waals surface area contributed by atoms with Crippen LogP contribution in [0.2, 0.25) is 0 Å². The summed E-state index contributed by atoms with van der Waals surface area (Å²) in [6.07, 6.45) is 11.1. The molecule has 21 heavy (non-hydrogen) atoms. The van der Waals surface area contributed by atoms with Crippen molar-refractivity contribution in [3.8, 4) is 11.5 Å². The van der Waals surface area contributed by atoms with Gasteiger partial charge in [0.2, 0.25) is 0 Å². The molecule has 1 aromatic rings. The molecule has 3 heteroatoms. The minimum Gasteiger partial charge on any atom is -0.497 e. The van der Waals surface area contributed by atoms with E-state index in [1.165, 1.54) is 51.4 Å². The van der Waals surface area contributed by atoms with Gasteiger partial charge in [0.15, 0.2) is 0 Å². The minimum atomic E-state index is 0.567. The first-order valence-electron chi connectivity index (χ1n) is 8.23. The van der Waals surface area contributed by atoms with Crippen LogP contribution < -0.4 is 14.8 Å². The van der Waals surface area contributed by atoms with Gasteiger partial charge in [0, 0.05) is 12.1 Å². The van der Waals surface area contributed by atoms with Gasteiger partial charge in [-0.25, -0.2) is 0 Å². The van der Waals surface area contributed by atoms with Crippen LogP contribution in [-0.4, -0.2) is 20.3 Å². The van der Waals surface area contributed by atoms with E-state index < -0.39 is 0 Å². The quantitative estimate of drug-likeness (QED) is 0.877. The molecule has 2 fully saturated rings. The van der Waals surface area contributed by atoms with Gasteiger partial charge in [-0.3, -0.25) is 0 Å². The zero-order chi connectivity index (χ0) is 14.7. The van der Waals surface area contributed by atoms with Crippen molar-refractivity contribution in [3.05, 3.63) is 18.2 Å². The molecular weight excluding hydrogens is 262 g/mol. The topological polar surface area (TPSA) is 30.5 Å². The van der Waals surface area contributed by atoms with E-state index in [9.17, 15) is 0 Å². The van der Waals surface area contributed by atoms with Crippen LogP contribution in [-0.2, 0) is 0 Å². The summed E-state index contributed by atoms with van der Waals surface area (Å²) in [6.45, 7) is 0. The largest absolute Gasteiger partial charge is 0.497 e. The molecule has 0 atom stereocenters. The molecule has 0 radical (unpaired) electrons. The highest BCUT2D eigenvalue weighted by atomic mass is 16.5. The Morgan fingerprint density at radius 3 is 2.33 bits per heavy atom. The average molecular weight is 289 g/mol. The molecular formula is C18H27NO2. The third kappa shape index (κ3) is 3.12. The molecule has 2 saturated carbocycles. The molecule has 2 aliphatic carbocycles. The summed E-state index contributed by atoms with van der Waals surface area (Å²) in [5.41, 5.74) is 1.75. The van der Waals surface area contributed by atoms with Crippen LogP contribution in [0.15, 0.2) is 18.2 Å². The summed E-state index contributed by atoms with van der Waals surface area (Å²) in [6, 6.07) is 6.52. The summed E-state index contributed by atoms with van der Waals surface area (Å²) < 4.78 is 10.8. The van der Waals surface area contributed by atoms with Crippen molar-refractivity contribution in [2.45, 2.75) is 57.4 Å². The standard InChI is InChI=1S/C18H27NO2/c1-20-15-5-6-17(21-2)16(13-15)19-14-7-11-18(12-8-14)9-3-4-10-18/h5-6,13-14,19H,3-4,7-12H2,1-2H3. The minimum absolute atomic E-state index is 0.567. The van der Waals surface area contributed by atoms with E-state index in [0.29, 0.717) is 11.5 Å². The summed E-state index contributed by atoms with van der Waals surface area (Å²) in [4.78, 5) is 0. The maximum absolute atomic E-state index is 5.46. The van der Waals surface area contributed by atoms with Gasteiger partial charge < -0.3 is 14.8 Å². The first-order valence-corrected chi connectivity index (χ1v) is 8.23. The predicted octanol–water partition coefficient (Wildman–Crippen LogP) is 4.62. The number of anilines is 1. The summed E-state index contributed by atoms with van der Waals surface area (Å²) >= 11 is 0.